The largest absolute Gasteiger partial charge is 0.397 e. The van der Waals surface area contributed by atoms with E-state index in [1.165, 1.54) is 0 Å². The topological polar surface area (TPSA) is 58.3 Å². The Morgan fingerprint density at radius 2 is 2.24 bits per heavy atom. The molecule has 0 saturated carbocycles. The Morgan fingerprint density at radius 1 is 1.41 bits per heavy atom. The van der Waals surface area contributed by atoms with E-state index in [0.29, 0.717) is 17.3 Å². The lowest BCUT2D eigenvalue weighted by Crippen LogP contribution is -2.12. The van der Waals surface area contributed by atoms with E-state index < -0.39 is 6.10 Å². The predicted molar refractivity (Wildman–Crippen MR) is 73.6 cm³/mol. The number of nitrogens with two attached hydrogens (primary N) is 1. The monoisotopic (exact) mass is 268 g/mol. The third kappa shape index (κ3) is 3.12. The van der Waals surface area contributed by atoms with Gasteiger partial charge in [0.1, 0.15) is 0 Å². The second kappa shape index (κ2) is 5.40. The number of nitrogen functional groups attached to an aromatic ring is 1. The Hall–Kier alpha value is -1.23. The SMILES string of the molecule is Nc1cc(Cl)ccc1NCC(O)c1ccsc1. The number of aliphatic hydroxyl groups is 1. The van der Waals surface area contributed by atoms with Crippen molar-refractivity contribution in [2.24, 2.45) is 0 Å². The van der Waals surface area contributed by atoms with Gasteiger partial charge in [-0.05, 0) is 40.6 Å². The van der Waals surface area contributed by atoms with E-state index in [1.54, 1.807) is 29.5 Å². The molecule has 0 bridgehead atoms. The number of halogens is 1. The number of rotatable bonds is 4. The van der Waals surface area contributed by atoms with E-state index in [2.05, 4.69) is 5.32 Å². The van der Waals surface area contributed by atoms with Crippen LogP contribution in [0.4, 0.5) is 11.4 Å². The molecule has 4 N–H and O–H groups in total. The minimum absolute atomic E-state index is 0.419. The highest BCUT2D eigenvalue weighted by molar-refractivity contribution is 7.07. The van der Waals surface area contributed by atoms with E-state index in [9.17, 15) is 5.11 Å². The zero-order chi connectivity index (χ0) is 12.3. The van der Waals surface area contributed by atoms with Gasteiger partial charge in [-0.2, -0.15) is 11.3 Å². The minimum atomic E-state index is -0.531. The van der Waals surface area contributed by atoms with Crippen molar-refractivity contribution in [1.29, 1.82) is 0 Å². The molecule has 90 valence electrons. The summed E-state index contributed by atoms with van der Waals surface area (Å²) in [5, 5.41) is 17.5. The lowest BCUT2D eigenvalue weighted by atomic mass is 10.2. The van der Waals surface area contributed by atoms with E-state index in [1.807, 2.05) is 16.8 Å². The molecule has 1 unspecified atom stereocenters. The molecule has 3 nitrogen and oxygen atoms in total. The molecule has 2 aromatic rings. The molecular formula is C12H13ClN2OS. The van der Waals surface area contributed by atoms with E-state index in [0.717, 1.165) is 11.3 Å². The molecule has 1 aromatic carbocycles. The zero-order valence-corrected chi connectivity index (χ0v) is 10.6. The summed E-state index contributed by atoms with van der Waals surface area (Å²) in [6, 6.07) is 7.15. The van der Waals surface area contributed by atoms with Gasteiger partial charge in [0, 0.05) is 11.6 Å². The fourth-order valence-corrected chi connectivity index (χ4v) is 2.37. The van der Waals surface area contributed by atoms with E-state index in [4.69, 9.17) is 17.3 Å². The van der Waals surface area contributed by atoms with Gasteiger partial charge in [0.05, 0.1) is 17.5 Å². The maximum absolute atomic E-state index is 9.89. The number of hydrogen-bond acceptors (Lipinski definition) is 4. The molecule has 0 radical (unpaired) electrons. The zero-order valence-electron chi connectivity index (χ0n) is 9.06. The van der Waals surface area contributed by atoms with Crippen molar-refractivity contribution in [1.82, 2.24) is 0 Å². The molecule has 0 amide bonds. The summed E-state index contributed by atoms with van der Waals surface area (Å²) < 4.78 is 0. The van der Waals surface area contributed by atoms with Crippen LogP contribution in [-0.4, -0.2) is 11.7 Å². The highest BCUT2D eigenvalue weighted by Crippen LogP contribution is 2.24. The van der Waals surface area contributed by atoms with Gasteiger partial charge in [-0.25, -0.2) is 0 Å². The predicted octanol–water partition coefficient (Wildman–Crippen LogP) is 3.13. The van der Waals surface area contributed by atoms with Crippen molar-refractivity contribution in [3.63, 3.8) is 0 Å². The normalized spacial score (nSPS) is 12.4. The van der Waals surface area contributed by atoms with Crippen molar-refractivity contribution in [3.8, 4) is 0 Å². The van der Waals surface area contributed by atoms with Gasteiger partial charge in [0.2, 0.25) is 0 Å². The van der Waals surface area contributed by atoms with Gasteiger partial charge >= 0.3 is 0 Å². The van der Waals surface area contributed by atoms with E-state index >= 15 is 0 Å². The van der Waals surface area contributed by atoms with Gasteiger partial charge in [0.25, 0.3) is 0 Å². The summed E-state index contributed by atoms with van der Waals surface area (Å²) in [6.07, 6.45) is -0.531. The van der Waals surface area contributed by atoms with Crippen LogP contribution >= 0.6 is 22.9 Å². The number of nitrogens with one attached hydrogen (secondary N) is 1. The number of aliphatic hydroxyl groups excluding tert-OH is 1. The lowest BCUT2D eigenvalue weighted by molar-refractivity contribution is 0.192. The molecule has 1 aromatic heterocycles. The van der Waals surface area contributed by atoms with Crippen LogP contribution in [0.2, 0.25) is 5.02 Å². The first-order valence-electron chi connectivity index (χ1n) is 5.16. The van der Waals surface area contributed by atoms with Crippen LogP contribution in [0.5, 0.6) is 0 Å². The number of benzene rings is 1. The van der Waals surface area contributed by atoms with Crippen LogP contribution < -0.4 is 11.1 Å². The van der Waals surface area contributed by atoms with Crippen LogP contribution in [0.25, 0.3) is 0 Å². The molecule has 0 aliphatic carbocycles. The highest BCUT2D eigenvalue weighted by atomic mass is 35.5. The first-order chi connectivity index (χ1) is 8.16. The molecule has 1 heterocycles. The Morgan fingerprint density at radius 3 is 2.88 bits per heavy atom. The summed E-state index contributed by atoms with van der Waals surface area (Å²) >= 11 is 7.37. The smallest absolute Gasteiger partial charge is 0.0970 e. The van der Waals surface area contributed by atoms with Gasteiger partial charge in [0.15, 0.2) is 0 Å². The summed E-state index contributed by atoms with van der Waals surface area (Å²) in [4.78, 5) is 0. The van der Waals surface area contributed by atoms with Crippen LogP contribution in [0.15, 0.2) is 35.0 Å². The Bertz CT molecular complexity index is 487. The van der Waals surface area contributed by atoms with Crippen molar-refractivity contribution in [2.75, 3.05) is 17.6 Å². The first kappa shape index (κ1) is 12.2. The molecule has 0 saturated heterocycles. The summed E-state index contributed by atoms with van der Waals surface area (Å²) in [5.74, 6) is 0. The molecule has 0 fully saturated rings. The van der Waals surface area contributed by atoms with Crippen molar-refractivity contribution in [3.05, 3.63) is 45.6 Å². The molecule has 0 aliphatic rings. The molecule has 17 heavy (non-hydrogen) atoms. The maximum Gasteiger partial charge on any atom is 0.0970 e. The number of thiophene rings is 1. The highest BCUT2D eigenvalue weighted by Gasteiger charge is 2.08. The molecule has 0 aliphatic heterocycles. The van der Waals surface area contributed by atoms with Gasteiger partial charge in [-0.3, -0.25) is 0 Å². The fourth-order valence-electron chi connectivity index (χ4n) is 1.48. The lowest BCUT2D eigenvalue weighted by Gasteiger charge is -2.13. The minimum Gasteiger partial charge on any atom is -0.397 e. The van der Waals surface area contributed by atoms with Crippen molar-refractivity contribution in [2.45, 2.75) is 6.10 Å². The molecule has 0 spiro atoms. The third-order valence-corrected chi connectivity index (χ3v) is 3.36. The summed E-state index contributed by atoms with van der Waals surface area (Å²) in [6.45, 7) is 0.419. The Labute approximate surface area is 109 Å². The second-order valence-electron chi connectivity index (χ2n) is 3.68. The molecule has 5 heteroatoms. The van der Waals surface area contributed by atoms with Crippen LogP contribution in [0.1, 0.15) is 11.7 Å². The Kier molecular flexibility index (Phi) is 3.89. The average molecular weight is 269 g/mol. The molecule has 1 atom stereocenters. The summed E-state index contributed by atoms with van der Waals surface area (Å²) in [7, 11) is 0. The summed E-state index contributed by atoms with van der Waals surface area (Å²) in [5.41, 5.74) is 8.07. The first-order valence-corrected chi connectivity index (χ1v) is 6.48. The van der Waals surface area contributed by atoms with E-state index in [-0.39, 0.29) is 0 Å². The van der Waals surface area contributed by atoms with Gasteiger partial charge < -0.3 is 16.2 Å². The quantitative estimate of drug-likeness (QED) is 0.747. The molecule has 2 rings (SSSR count). The van der Waals surface area contributed by atoms with Crippen LogP contribution in [-0.2, 0) is 0 Å². The third-order valence-electron chi connectivity index (χ3n) is 2.43. The van der Waals surface area contributed by atoms with Gasteiger partial charge in [-0.1, -0.05) is 11.6 Å². The second-order valence-corrected chi connectivity index (χ2v) is 4.90. The number of hydrogen-bond donors (Lipinski definition) is 3. The standard InChI is InChI=1S/C12H13ClN2OS/c13-9-1-2-11(10(14)5-9)15-6-12(16)8-3-4-17-7-8/h1-5,7,12,15-16H,6,14H2. The van der Waals surface area contributed by atoms with Crippen LogP contribution in [0, 0.1) is 0 Å². The van der Waals surface area contributed by atoms with Crippen molar-refractivity contribution < 1.29 is 5.11 Å². The van der Waals surface area contributed by atoms with Crippen LogP contribution in [0.3, 0.4) is 0 Å². The number of anilines is 2. The Balaban J connectivity index is 1.98. The maximum atomic E-state index is 9.89. The average Bonchev–Trinajstić information content (AvgIpc) is 2.81. The van der Waals surface area contributed by atoms with Gasteiger partial charge in [-0.15, -0.1) is 0 Å². The van der Waals surface area contributed by atoms with Crippen molar-refractivity contribution >= 4 is 34.3 Å². The molecular weight excluding hydrogens is 256 g/mol. The fraction of sp³-hybridized carbons (Fsp3) is 0.167.